The van der Waals surface area contributed by atoms with E-state index in [1.165, 1.54) is 32.6 Å². The Morgan fingerprint density at radius 3 is 3.07 bits per heavy atom. The number of nitrogens with zero attached hydrogens (tertiary/aromatic N) is 1. The van der Waals surface area contributed by atoms with Crippen LogP contribution in [-0.2, 0) is 9.53 Å². The molecule has 3 heteroatoms. The molecule has 0 aromatic heterocycles. The number of carbonyl (C=O) groups is 1. The van der Waals surface area contributed by atoms with Gasteiger partial charge in [0.25, 0.3) is 0 Å². The second-order valence-electron chi connectivity index (χ2n) is 3.93. The summed E-state index contributed by atoms with van der Waals surface area (Å²) in [6.07, 6.45) is 6.98. The average molecular weight is 197 g/mol. The number of piperidine rings is 1. The third-order valence-electron chi connectivity index (χ3n) is 2.65. The fourth-order valence-electron chi connectivity index (χ4n) is 1.89. The number of rotatable bonds is 3. The van der Waals surface area contributed by atoms with Crippen molar-refractivity contribution in [2.24, 2.45) is 5.92 Å². The topological polar surface area (TPSA) is 29.5 Å². The van der Waals surface area contributed by atoms with Crippen molar-refractivity contribution in [1.29, 1.82) is 0 Å². The molecule has 0 aromatic rings. The molecule has 1 aliphatic rings. The van der Waals surface area contributed by atoms with E-state index in [4.69, 9.17) is 0 Å². The van der Waals surface area contributed by atoms with Gasteiger partial charge in [0.05, 0.1) is 7.11 Å². The smallest absolute Gasteiger partial charge is 0.330 e. The van der Waals surface area contributed by atoms with Crippen LogP contribution >= 0.6 is 0 Å². The maximum absolute atomic E-state index is 10.8. The zero-order valence-corrected chi connectivity index (χ0v) is 9.03. The normalized spacial score (nSPS) is 24.0. The predicted octanol–water partition coefficient (Wildman–Crippen LogP) is 1.45. The molecule has 1 aliphatic heterocycles. The summed E-state index contributed by atoms with van der Waals surface area (Å²) in [5.41, 5.74) is 0. The van der Waals surface area contributed by atoms with E-state index < -0.39 is 0 Å². The number of likely N-dealkylation sites (tertiary alicyclic amines) is 1. The van der Waals surface area contributed by atoms with Crippen molar-refractivity contribution in [2.45, 2.75) is 19.3 Å². The van der Waals surface area contributed by atoms with Gasteiger partial charge in [0.1, 0.15) is 0 Å². The molecule has 1 saturated heterocycles. The highest BCUT2D eigenvalue weighted by Gasteiger charge is 2.15. The second-order valence-corrected chi connectivity index (χ2v) is 3.93. The molecule has 0 radical (unpaired) electrons. The van der Waals surface area contributed by atoms with E-state index in [1.54, 1.807) is 0 Å². The number of carbonyl (C=O) groups excluding carboxylic acids is 1. The van der Waals surface area contributed by atoms with Crippen molar-refractivity contribution >= 4 is 5.97 Å². The number of esters is 1. The first kappa shape index (κ1) is 11.2. The molecule has 1 unspecified atom stereocenters. The molecule has 0 saturated carbocycles. The molecule has 0 bridgehead atoms. The van der Waals surface area contributed by atoms with Crippen LogP contribution in [0, 0.1) is 5.92 Å². The molecule has 0 amide bonds. The maximum atomic E-state index is 10.8. The zero-order chi connectivity index (χ0) is 10.4. The van der Waals surface area contributed by atoms with Gasteiger partial charge in [0, 0.05) is 12.6 Å². The summed E-state index contributed by atoms with van der Waals surface area (Å²) >= 11 is 0. The summed E-state index contributed by atoms with van der Waals surface area (Å²) < 4.78 is 4.52. The van der Waals surface area contributed by atoms with Crippen molar-refractivity contribution in [3.8, 4) is 0 Å². The van der Waals surface area contributed by atoms with Crippen molar-refractivity contribution in [3.63, 3.8) is 0 Å². The molecule has 14 heavy (non-hydrogen) atoms. The summed E-state index contributed by atoms with van der Waals surface area (Å²) in [5, 5.41) is 0. The first-order valence-corrected chi connectivity index (χ1v) is 5.15. The fraction of sp³-hybridized carbons (Fsp3) is 0.727. The van der Waals surface area contributed by atoms with Gasteiger partial charge in [0.15, 0.2) is 0 Å². The monoisotopic (exact) mass is 197 g/mol. The van der Waals surface area contributed by atoms with E-state index in [-0.39, 0.29) is 5.97 Å². The Labute approximate surface area is 85.7 Å². The Balaban J connectivity index is 2.23. The van der Waals surface area contributed by atoms with Crippen molar-refractivity contribution < 1.29 is 9.53 Å². The van der Waals surface area contributed by atoms with Gasteiger partial charge >= 0.3 is 5.97 Å². The largest absolute Gasteiger partial charge is 0.466 e. The first-order chi connectivity index (χ1) is 6.72. The molecule has 0 N–H and O–H groups in total. The Kier molecular flexibility index (Phi) is 4.66. The van der Waals surface area contributed by atoms with Gasteiger partial charge in [-0.3, -0.25) is 0 Å². The van der Waals surface area contributed by atoms with E-state index in [9.17, 15) is 4.79 Å². The van der Waals surface area contributed by atoms with Gasteiger partial charge in [-0.25, -0.2) is 4.79 Å². The molecule has 1 fully saturated rings. The van der Waals surface area contributed by atoms with Crippen LogP contribution < -0.4 is 0 Å². The molecular formula is C11H19NO2. The molecule has 1 rings (SSSR count). The highest BCUT2D eigenvalue weighted by Crippen LogP contribution is 2.18. The van der Waals surface area contributed by atoms with Gasteiger partial charge < -0.3 is 9.64 Å². The molecule has 0 spiro atoms. The molecule has 1 heterocycles. The quantitative estimate of drug-likeness (QED) is 0.506. The van der Waals surface area contributed by atoms with Gasteiger partial charge in [-0.1, -0.05) is 6.08 Å². The van der Waals surface area contributed by atoms with Crippen molar-refractivity contribution in [1.82, 2.24) is 4.90 Å². The summed E-state index contributed by atoms with van der Waals surface area (Å²) in [6.45, 7) is 2.35. The lowest BCUT2D eigenvalue weighted by Gasteiger charge is -2.28. The van der Waals surface area contributed by atoms with Crippen LogP contribution in [0.5, 0.6) is 0 Å². The minimum absolute atomic E-state index is 0.255. The van der Waals surface area contributed by atoms with Crippen LogP contribution in [0.4, 0.5) is 0 Å². The van der Waals surface area contributed by atoms with E-state index in [2.05, 4.69) is 16.7 Å². The highest BCUT2D eigenvalue weighted by molar-refractivity contribution is 5.81. The van der Waals surface area contributed by atoms with Crippen LogP contribution in [0.2, 0.25) is 0 Å². The fourth-order valence-corrected chi connectivity index (χ4v) is 1.89. The lowest BCUT2D eigenvalue weighted by Crippen LogP contribution is -2.31. The minimum Gasteiger partial charge on any atom is -0.466 e. The third-order valence-corrected chi connectivity index (χ3v) is 2.65. The maximum Gasteiger partial charge on any atom is 0.330 e. The van der Waals surface area contributed by atoms with Gasteiger partial charge in [-0.05, 0) is 38.8 Å². The van der Waals surface area contributed by atoms with E-state index in [1.807, 2.05) is 6.08 Å². The number of allylic oxidation sites excluding steroid dienone is 1. The van der Waals surface area contributed by atoms with E-state index >= 15 is 0 Å². The predicted molar refractivity (Wildman–Crippen MR) is 56.0 cm³/mol. The van der Waals surface area contributed by atoms with Gasteiger partial charge in [-0.2, -0.15) is 0 Å². The number of hydrogen-bond acceptors (Lipinski definition) is 3. The number of ether oxygens (including phenoxy) is 1. The Morgan fingerprint density at radius 1 is 1.64 bits per heavy atom. The molecule has 1 atom stereocenters. The average Bonchev–Trinajstić information content (AvgIpc) is 2.17. The Hall–Kier alpha value is -0.830. The Bertz CT molecular complexity index is 213. The second kappa shape index (κ2) is 5.81. The van der Waals surface area contributed by atoms with Gasteiger partial charge in [0.2, 0.25) is 0 Å². The lowest BCUT2D eigenvalue weighted by molar-refractivity contribution is -0.134. The van der Waals surface area contributed by atoms with Crippen molar-refractivity contribution in [3.05, 3.63) is 12.2 Å². The SMILES string of the molecule is COC(=O)/C=C\CC1CCCN(C)C1. The van der Waals surface area contributed by atoms with Crippen LogP contribution in [0.1, 0.15) is 19.3 Å². The molecular weight excluding hydrogens is 178 g/mol. The zero-order valence-electron chi connectivity index (χ0n) is 9.03. The van der Waals surface area contributed by atoms with Crippen LogP contribution in [0.25, 0.3) is 0 Å². The van der Waals surface area contributed by atoms with E-state index in [0.717, 1.165) is 13.0 Å². The molecule has 3 nitrogen and oxygen atoms in total. The van der Waals surface area contributed by atoms with Crippen LogP contribution in [0.3, 0.4) is 0 Å². The first-order valence-electron chi connectivity index (χ1n) is 5.15. The van der Waals surface area contributed by atoms with Crippen LogP contribution in [-0.4, -0.2) is 38.1 Å². The van der Waals surface area contributed by atoms with E-state index in [0.29, 0.717) is 5.92 Å². The number of hydrogen-bond donors (Lipinski definition) is 0. The molecule has 0 aliphatic carbocycles. The summed E-state index contributed by atoms with van der Waals surface area (Å²) in [7, 11) is 3.55. The molecule has 0 aromatic carbocycles. The summed E-state index contributed by atoms with van der Waals surface area (Å²) in [6, 6.07) is 0. The standard InChI is InChI=1S/C11H19NO2/c1-12-8-4-6-10(9-12)5-3-7-11(13)14-2/h3,7,10H,4-6,8-9H2,1-2H3/b7-3-. The highest BCUT2D eigenvalue weighted by atomic mass is 16.5. The Morgan fingerprint density at radius 2 is 2.43 bits per heavy atom. The van der Waals surface area contributed by atoms with Gasteiger partial charge in [-0.15, -0.1) is 0 Å². The summed E-state index contributed by atoms with van der Waals surface area (Å²) in [5.74, 6) is 0.448. The van der Waals surface area contributed by atoms with Crippen LogP contribution in [0.15, 0.2) is 12.2 Å². The number of methoxy groups -OCH3 is 1. The third kappa shape index (κ3) is 3.92. The molecule has 80 valence electrons. The lowest BCUT2D eigenvalue weighted by atomic mass is 9.95. The summed E-state index contributed by atoms with van der Waals surface area (Å²) in [4.78, 5) is 13.1. The minimum atomic E-state index is -0.255. The van der Waals surface area contributed by atoms with Crippen molar-refractivity contribution in [2.75, 3.05) is 27.2 Å².